The van der Waals surface area contributed by atoms with Crippen LogP contribution in [0.3, 0.4) is 0 Å². The molecule has 0 amide bonds. The molecule has 0 bridgehead atoms. The predicted molar refractivity (Wildman–Crippen MR) is 30.6 cm³/mol. The van der Waals surface area contributed by atoms with Gasteiger partial charge in [-0.3, -0.25) is 0 Å². The first kappa shape index (κ1) is 10.4. The molecule has 0 aliphatic rings. The molecule has 0 spiro atoms. The van der Waals surface area contributed by atoms with E-state index in [2.05, 4.69) is 28.2 Å². The van der Waals surface area contributed by atoms with E-state index < -0.39 is 0 Å². The second-order valence-corrected chi connectivity index (χ2v) is 5.11. The molecule has 6 heavy (non-hydrogen) atoms. The van der Waals surface area contributed by atoms with Gasteiger partial charge in [0.05, 0.1) is 0 Å². The SMILES string of the molecule is CCO.[Br][Cu][Br]. The molecule has 0 saturated carbocycles. The van der Waals surface area contributed by atoms with Crippen LogP contribution in [-0.2, 0) is 11.3 Å². The zero-order chi connectivity index (χ0) is 5.41. The average molecular weight is 269 g/mol. The van der Waals surface area contributed by atoms with Crippen LogP contribution in [0.5, 0.6) is 0 Å². The van der Waals surface area contributed by atoms with Gasteiger partial charge in [0.1, 0.15) is 0 Å². The van der Waals surface area contributed by atoms with Crippen LogP contribution in [0, 0.1) is 0 Å². The summed E-state index contributed by atoms with van der Waals surface area (Å²) in [5.41, 5.74) is 0. The number of aliphatic hydroxyl groups excluding tert-OH is 1. The van der Waals surface area contributed by atoms with Crippen molar-refractivity contribution >= 4 is 28.2 Å². The fraction of sp³-hybridized carbons (Fsp3) is 1.00. The summed E-state index contributed by atoms with van der Waals surface area (Å²) in [4.78, 5) is 0. The second kappa shape index (κ2) is 16.1. The normalized spacial score (nSPS) is 6.67. The van der Waals surface area contributed by atoms with Crippen molar-refractivity contribution in [2.75, 3.05) is 6.61 Å². The monoisotopic (exact) mass is 267 g/mol. The first-order valence-electron chi connectivity index (χ1n) is 1.25. The molecule has 1 nitrogen and oxygen atoms in total. The van der Waals surface area contributed by atoms with Crippen LogP contribution in [0.25, 0.3) is 0 Å². The fourth-order valence-electron chi connectivity index (χ4n) is 0. The molecule has 0 aliphatic carbocycles. The number of halogens is 2. The number of rotatable bonds is 0. The van der Waals surface area contributed by atoms with Gasteiger partial charge in [0.2, 0.25) is 0 Å². The Kier molecular flexibility index (Phi) is 28.0. The van der Waals surface area contributed by atoms with Crippen LogP contribution in [0.15, 0.2) is 0 Å². The molecule has 0 aromatic heterocycles. The summed E-state index contributed by atoms with van der Waals surface area (Å²) in [6.45, 7) is 1.93. The molecule has 0 unspecified atom stereocenters. The van der Waals surface area contributed by atoms with Gasteiger partial charge in [0.15, 0.2) is 0 Å². The van der Waals surface area contributed by atoms with Gasteiger partial charge >= 0.3 is 39.6 Å². The third-order valence-corrected chi connectivity index (χ3v) is 0. The van der Waals surface area contributed by atoms with Gasteiger partial charge in [-0.2, -0.15) is 0 Å². The van der Waals surface area contributed by atoms with E-state index >= 15 is 0 Å². The van der Waals surface area contributed by atoms with Crippen molar-refractivity contribution < 1.29 is 16.4 Å². The van der Waals surface area contributed by atoms with Crippen LogP contribution in [0.4, 0.5) is 0 Å². The quantitative estimate of drug-likeness (QED) is 0.664. The Hall–Kier alpha value is 1.44. The Morgan fingerprint density at radius 3 is 1.67 bits per heavy atom. The van der Waals surface area contributed by atoms with Gasteiger partial charge in [-0.15, -0.1) is 0 Å². The van der Waals surface area contributed by atoms with Crippen molar-refractivity contribution in [1.29, 1.82) is 0 Å². The second-order valence-electron chi connectivity index (χ2n) is 0.359. The Morgan fingerprint density at radius 2 is 1.67 bits per heavy atom. The van der Waals surface area contributed by atoms with Crippen molar-refractivity contribution in [3.8, 4) is 0 Å². The van der Waals surface area contributed by atoms with Gasteiger partial charge in [0.25, 0.3) is 0 Å². The van der Waals surface area contributed by atoms with Gasteiger partial charge < -0.3 is 5.11 Å². The van der Waals surface area contributed by atoms with Crippen LogP contribution in [0.2, 0.25) is 0 Å². The standard InChI is InChI=1S/C2H6O.2BrH.Cu/c1-2-3;;;/h3H,2H2,1H3;2*1H;/q;;;+2/p-2. The Morgan fingerprint density at radius 1 is 1.67 bits per heavy atom. The Bertz CT molecular complexity index is 13.5. The molecule has 0 aromatic rings. The molecule has 45 valence electrons. The van der Waals surface area contributed by atoms with Crippen LogP contribution in [0.1, 0.15) is 6.92 Å². The summed E-state index contributed by atoms with van der Waals surface area (Å²) >= 11 is 7.38. The van der Waals surface area contributed by atoms with Crippen molar-refractivity contribution in [1.82, 2.24) is 0 Å². The maximum atomic E-state index is 7.57. The summed E-state index contributed by atoms with van der Waals surface area (Å²) in [7, 11) is 0. The summed E-state index contributed by atoms with van der Waals surface area (Å²) < 4.78 is 0. The van der Waals surface area contributed by atoms with E-state index in [1.54, 1.807) is 6.92 Å². The molecule has 0 saturated heterocycles. The molecule has 0 fully saturated rings. The van der Waals surface area contributed by atoms with Gasteiger partial charge in [-0.1, -0.05) is 0 Å². The van der Waals surface area contributed by atoms with Crippen molar-refractivity contribution in [2.45, 2.75) is 6.92 Å². The molecule has 0 aliphatic heterocycles. The third-order valence-electron chi connectivity index (χ3n) is 0. The van der Waals surface area contributed by atoms with E-state index in [1.165, 1.54) is 11.3 Å². The summed E-state index contributed by atoms with van der Waals surface area (Å²) in [5.74, 6) is 0. The predicted octanol–water partition coefficient (Wildman–Crippen LogP) is 1.69. The van der Waals surface area contributed by atoms with Gasteiger partial charge in [-0.25, -0.2) is 0 Å². The number of aliphatic hydroxyl groups is 1. The van der Waals surface area contributed by atoms with Crippen molar-refractivity contribution in [3.05, 3.63) is 0 Å². The zero-order valence-electron chi connectivity index (χ0n) is 3.21. The van der Waals surface area contributed by atoms with Crippen molar-refractivity contribution in [2.24, 2.45) is 0 Å². The van der Waals surface area contributed by atoms with Crippen molar-refractivity contribution in [3.63, 3.8) is 0 Å². The Balaban J connectivity index is 0. The first-order chi connectivity index (χ1) is 2.83. The molecule has 0 aromatic carbocycles. The molecule has 1 N–H and O–H groups in total. The van der Waals surface area contributed by atoms with E-state index in [1.807, 2.05) is 0 Å². The van der Waals surface area contributed by atoms with E-state index in [0.717, 1.165) is 0 Å². The third kappa shape index (κ3) is 51.7. The maximum absolute atomic E-state index is 7.57. The zero-order valence-corrected chi connectivity index (χ0v) is 7.33. The van der Waals surface area contributed by atoms with E-state index in [9.17, 15) is 0 Å². The van der Waals surface area contributed by atoms with Crippen LogP contribution in [-0.4, -0.2) is 11.7 Å². The van der Waals surface area contributed by atoms with E-state index in [-0.39, 0.29) is 6.61 Å². The Labute approximate surface area is 58.0 Å². The molecule has 0 heterocycles. The molecular weight excluding hydrogens is 263 g/mol. The molecule has 0 rings (SSSR count). The van der Waals surface area contributed by atoms with Gasteiger partial charge in [0, 0.05) is 6.61 Å². The molecular formula is C2H6Br2CuO. The minimum absolute atomic E-state index is 0.250. The summed E-state index contributed by atoms with van der Waals surface area (Å²) in [6.07, 6.45) is 0. The van der Waals surface area contributed by atoms with Crippen LogP contribution >= 0.6 is 28.2 Å². The number of hydrogen-bond acceptors (Lipinski definition) is 1. The average Bonchev–Trinajstić information content (AvgIpc) is 1.39. The molecule has 0 atom stereocenters. The minimum atomic E-state index is 0.250. The number of hydrogen-bond donors (Lipinski definition) is 1. The topological polar surface area (TPSA) is 20.2 Å². The van der Waals surface area contributed by atoms with E-state index in [0.29, 0.717) is 0 Å². The first-order valence-corrected chi connectivity index (χ1v) is 5.91. The molecule has 4 heteroatoms. The fourth-order valence-corrected chi connectivity index (χ4v) is 0. The van der Waals surface area contributed by atoms with Gasteiger partial charge in [-0.05, 0) is 6.92 Å². The van der Waals surface area contributed by atoms with Crippen LogP contribution < -0.4 is 0 Å². The van der Waals surface area contributed by atoms with E-state index in [4.69, 9.17) is 5.11 Å². The molecule has 0 radical (unpaired) electrons. The summed E-state index contributed by atoms with van der Waals surface area (Å²) in [5, 5.41) is 7.57. The summed E-state index contributed by atoms with van der Waals surface area (Å²) in [6, 6.07) is 0.